The van der Waals surface area contributed by atoms with Crippen molar-refractivity contribution in [2.45, 2.75) is 6.92 Å². The van der Waals surface area contributed by atoms with Crippen LogP contribution in [0.2, 0.25) is 0 Å². The predicted octanol–water partition coefficient (Wildman–Crippen LogP) is 1.81. The SMILES string of the molecule is CNC(=O)c1cc(C)nc2c([N+](=O)[O-])cccc12. The fourth-order valence-electron chi connectivity index (χ4n) is 1.83. The van der Waals surface area contributed by atoms with Gasteiger partial charge in [0.05, 0.1) is 10.5 Å². The van der Waals surface area contributed by atoms with E-state index >= 15 is 0 Å². The van der Waals surface area contributed by atoms with Crippen LogP contribution < -0.4 is 5.32 Å². The third-order valence-electron chi connectivity index (χ3n) is 2.61. The van der Waals surface area contributed by atoms with Crippen molar-refractivity contribution in [3.8, 4) is 0 Å². The third kappa shape index (κ3) is 1.88. The number of rotatable bonds is 2. The van der Waals surface area contributed by atoms with Crippen molar-refractivity contribution in [3.63, 3.8) is 0 Å². The Kier molecular flexibility index (Phi) is 2.93. The van der Waals surface area contributed by atoms with Crippen molar-refractivity contribution in [2.75, 3.05) is 7.05 Å². The number of carbonyl (C=O) groups excluding carboxylic acids is 1. The van der Waals surface area contributed by atoms with E-state index in [2.05, 4.69) is 10.3 Å². The van der Waals surface area contributed by atoms with Crippen LogP contribution in [0.15, 0.2) is 24.3 Å². The van der Waals surface area contributed by atoms with Gasteiger partial charge in [0.2, 0.25) is 0 Å². The van der Waals surface area contributed by atoms with E-state index in [1.54, 1.807) is 25.1 Å². The number of nitrogens with zero attached hydrogens (tertiary/aromatic N) is 2. The van der Waals surface area contributed by atoms with E-state index in [-0.39, 0.29) is 17.1 Å². The molecule has 0 aliphatic carbocycles. The zero-order chi connectivity index (χ0) is 13.3. The molecule has 2 rings (SSSR count). The third-order valence-corrected chi connectivity index (χ3v) is 2.61. The largest absolute Gasteiger partial charge is 0.355 e. The highest BCUT2D eigenvalue weighted by Crippen LogP contribution is 2.26. The first kappa shape index (κ1) is 12.0. The van der Waals surface area contributed by atoms with Crippen LogP contribution in [0.1, 0.15) is 16.1 Å². The van der Waals surface area contributed by atoms with Gasteiger partial charge in [-0.2, -0.15) is 0 Å². The maximum atomic E-state index is 11.8. The average Bonchev–Trinajstić information content (AvgIpc) is 2.35. The second kappa shape index (κ2) is 4.40. The number of hydrogen-bond donors (Lipinski definition) is 1. The Labute approximate surface area is 103 Å². The second-order valence-electron chi connectivity index (χ2n) is 3.82. The molecular formula is C12H11N3O3. The van der Waals surface area contributed by atoms with E-state index in [0.717, 1.165) is 0 Å². The van der Waals surface area contributed by atoms with Gasteiger partial charge in [0, 0.05) is 24.2 Å². The van der Waals surface area contributed by atoms with E-state index in [4.69, 9.17) is 0 Å². The van der Waals surface area contributed by atoms with Gasteiger partial charge in [0.25, 0.3) is 11.6 Å². The molecule has 92 valence electrons. The molecule has 0 aliphatic rings. The van der Waals surface area contributed by atoms with Gasteiger partial charge in [0.1, 0.15) is 5.52 Å². The van der Waals surface area contributed by atoms with Crippen molar-refractivity contribution in [3.05, 3.63) is 45.6 Å². The normalized spacial score (nSPS) is 10.3. The summed E-state index contributed by atoms with van der Waals surface area (Å²) in [6.45, 7) is 1.70. The highest BCUT2D eigenvalue weighted by atomic mass is 16.6. The molecule has 0 fully saturated rings. The number of non-ortho nitro benzene ring substituents is 1. The van der Waals surface area contributed by atoms with Crippen molar-refractivity contribution in [1.29, 1.82) is 0 Å². The number of nitro groups is 1. The Hall–Kier alpha value is -2.50. The predicted molar refractivity (Wildman–Crippen MR) is 66.5 cm³/mol. The Morgan fingerprint density at radius 1 is 1.44 bits per heavy atom. The lowest BCUT2D eigenvalue weighted by Crippen LogP contribution is -2.18. The topological polar surface area (TPSA) is 85.1 Å². The molecule has 0 atom stereocenters. The maximum Gasteiger partial charge on any atom is 0.295 e. The van der Waals surface area contributed by atoms with E-state index in [9.17, 15) is 14.9 Å². The number of nitrogens with one attached hydrogen (secondary N) is 1. The second-order valence-corrected chi connectivity index (χ2v) is 3.82. The number of aromatic nitrogens is 1. The van der Waals surface area contributed by atoms with Crippen LogP contribution in [0, 0.1) is 17.0 Å². The zero-order valence-corrected chi connectivity index (χ0v) is 9.93. The summed E-state index contributed by atoms with van der Waals surface area (Å²) in [7, 11) is 1.52. The van der Waals surface area contributed by atoms with Gasteiger partial charge >= 0.3 is 0 Å². The molecular weight excluding hydrogens is 234 g/mol. The van der Waals surface area contributed by atoms with Crippen LogP contribution in [-0.2, 0) is 0 Å². The minimum absolute atomic E-state index is 0.0960. The average molecular weight is 245 g/mol. The van der Waals surface area contributed by atoms with Crippen molar-refractivity contribution in [1.82, 2.24) is 10.3 Å². The molecule has 0 radical (unpaired) electrons. The van der Waals surface area contributed by atoms with Crippen LogP contribution >= 0.6 is 0 Å². The fraction of sp³-hybridized carbons (Fsp3) is 0.167. The summed E-state index contributed by atoms with van der Waals surface area (Å²) in [5.41, 5.74) is 1.10. The number of para-hydroxylation sites is 1. The first-order valence-corrected chi connectivity index (χ1v) is 5.31. The standard InChI is InChI=1S/C12H11N3O3/c1-7-6-9(12(16)13-2)8-4-3-5-10(15(17)18)11(8)14-7/h3-6H,1-2H3,(H,13,16). The number of carbonyl (C=O) groups is 1. The Morgan fingerprint density at radius 2 is 2.17 bits per heavy atom. The summed E-state index contributed by atoms with van der Waals surface area (Å²) in [5, 5.41) is 13.9. The van der Waals surface area contributed by atoms with Gasteiger partial charge in [0.15, 0.2) is 0 Å². The van der Waals surface area contributed by atoms with E-state index < -0.39 is 4.92 Å². The van der Waals surface area contributed by atoms with Crippen LogP contribution in [0.25, 0.3) is 10.9 Å². The molecule has 6 nitrogen and oxygen atoms in total. The lowest BCUT2D eigenvalue weighted by Gasteiger charge is -2.06. The van der Waals surface area contributed by atoms with Gasteiger partial charge in [-0.3, -0.25) is 14.9 Å². The summed E-state index contributed by atoms with van der Waals surface area (Å²) >= 11 is 0. The van der Waals surface area contributed by atoms with Gasteiger partial charge < -0.3 is 5.32 Å². The lowest BCUT2D eigenvalue weighted by atomic mass is 10.1. The Bertz CT molecular complexity index is 652. The van der Waals surface area contributed by atoms with Gasteiger partial charge in [-0.05, 0) is 13.0 Å². The van der Waals surface area contributed by atoms with Gasteiger partial charge in [-0.25, -0.2) is 4.98 Å². The summed E-state index contributed by atoms with van der Waals surface area (Å²) in [5.74, 6) is -0.286. The Balaban J connectivity index is 2.86. The molecule has 1 heterocycles. The molecule has 2 aromatic rings. The van der Waals surface area contributed by atoms with Crippen LogP contribution in [0.4, 0.5) is 5.69 Å². The quantitative estimate of drug-likeness (QED) is 0.645. The van der Waals surface area contributed by atoms with Crippen LogP contribution in [0.5, 0.6) is 0 Å². The summed E-state index contributed by atoms with van der Waals surface area (Å²) in [6, 6.07) is 6.19. The monoisotopic (exact) mass is 245 g/mol. The number of benzene rings is 1. The molecule has 1 amide bonds. The molecule has 1 N–H and O–H groups in total. The number of amides is 1. The van der Waals surface area contributed by atoms with Crippen molar-refractivity contribution < 1.29 is 9.72 Å². The summed E-state index contributed by atoms with van der Waals surface area (Å²) < 4.78 is 0. The Morgan fingerprint density at radius 3 is 2.78 bits per heavy atom. The van der Waals surface area contributed by atoms with Crippen molar-refractivity contribution in [2.24, 2.45) is 0 Å². The summed E-state index contributed by atoms with van der Waals surface area (Å²) in [6.07, 6.45) is 0. The zero-order valence-electron chi connectivity index (χ0n) is 9.93. The van der Waals surface area contributed by atoms with Gasteiger partial charge in [-0.15, -0.1) is 0 Å². The van der Waals surface area contributed by atoms with Crippen LogP contribution in [0.3, 0.4) is 0 Å². The molecule has 0 saturated heterocycles. The molecule has 0 bridgehead atoms. The number of nitro benzene ring substituents is 1. The van der Waals surface area contributed by atoms with E-state index in [1.807, 2.05) is 0 Å². The molecule has 0 unspecified atom stereocenters. The lowest BCUT2D eigenvalue weighted by molar-refractivity contribution is -0.383. The molecule has 1 aromatic heterocycles. The van der Waals surface area contributed by atoms with Crippen molar-refractivity contribution >= 4 is 22.5 Å². The molecule has 0 aliphatic heterocycles. The highest BCUT2D eigenvalue weighted by Gasteiger charge is 2.18. The molecule has 1 aromatic carbocycles. The van der Waals surface area contributed by atoms with E-state index in [0.29, 0.717) is 16.6 Å². The minimum Gasteiger partial charge on any atom is -0.355 e. The maximum absolute atomic E-state index is 11.8. The van der Waals surface area contributed by atoms with Crippen LogP contribution in [-0.4, -0.2) is 22.9 Å². The molecule has 6 heteroatoms. The van der Waals surface area contributed by atoms with Gasteiger partial charge in [-0.1, -0.05) is 12.1 Å². The fourth-order valence-corrected chi connectivity index (χ4v) is 1.83. The molecule has 18 heavy (non-hydrogen) atoms. The first-order chi connectivity index (χ1) is 8.54. The number of fused-ring (bicyclic) bond motifs is 1. The molecule has 0 saturated carbocycles. The number of hydrogen-bond acceptors (Lipinski definition) is 4. The number of aryl methyl sites for hydroxylation is 1. The number of pyridine rings is 1. The van der Waals surface area contributed by atoms with E-state index in [1.165, 1.54) is 13.1 Å². The highest BCUT2D eigenvalue weighted by molar-refractivity contribution is 6.07. The minimum atomic E-state index is -0.498. The smallest absolute Gasteiger partial charge is 0.295 e. The first-order valence-electron chi connectivity index (χ1n) is 5.31. The molecule has 0 spiro atoms. The summed E-state index contributed by atoms with van der Waals surface area (Å²) in [4.78, 5) is 26.3.